The van der Waals surface area contributed by atoms with Crippen LogP contribution in [-0.4, -0.2) is 11.7 Å². The number of hydrogen-bond donors (Lipinski definition) is 1. The highest BCUT2D eigenvalue weighted by molar-refractivity contribution is 4.71. The molecule has 0 atom stereocenters. The fourth-order valence-corrected chi connectivity index (χ4v) is 1.49. The number of hydrogen-bond acceptors (Lipinski definition) is 1. The molecule has 0 fully saturated rings. The lowest BCUT2D eigenvalue weighted by atomic mass is 9.82. The molecule has 62 valence electrons. The first-order chi connectivity index (χ1) is 4.68. The molecule has 0 spiro atoms. The van der Waals surface area contributed by atoms with E-state index in [1.54, 1.807) is 0 Å². The van der Waals surface area contributed by atoms with Crippen LogP contribution in [0.15, 0.2) is 0 Å². The highest BCUT2D eigenvalue weighted by Crippen LogP contribution is 2.27. The van der Waals surface area contributed by atoms with Crippen molar-refractivity contribution >= 4 is 0 Å². The van der Waals surface area contributed by atoms with E-state index < -0.39 is 0 Å². The Morgan fingerprint density at radius 1 is 1.10 bits per heavy atom. The van der Waals surface area contributed by atoms with Gasteiger partial charge in [0.25, 0.3) is 0 Å². The van der Waals surface area contributed by atoms with Gasteiger partial charge >= 0.3 is 0 Å². The molecule has 1 N–H and O–H groups in total. The zero-order chi connectivity index (χ0) is 8.04. The van der Waals surface area contributed by atoms with Crippen molar-refractivity contribution in [2.45, 2.75) is 46.5 Å². The van der Waals surface area contributed by atoms with Gasteiger partial charge in [-0.1, -0.05) is 33.6 Å². The molecule has 0 aliphatic heterocycles. The van der Waals surface area contributed by atoms with Gasteiger partial charge in [-0.3, -0.25) is 0 Å². The van der Waals surface area contributed by atoms with Gasteiger partial charge in [-0.05, 0) is 18.3 Å². The van der Waals surface area contributed by atoms with E-state index in [1.807, 2.05) is 0 Å². The van der Waals surface area contributed by atoms with Gasteiger partial charge in [0.1, 0.15) is 0 Å². The fraction of sp³-hybridized carbons (Fsp3) is 1.00. The van der Waals surface area contributed by atoms with E-state index in [-0.39, 0.29) is 5.41 Å². The van der Waals surface area contributed by atoms with E-state index in [2.05, 4.69) is 20.8 Å². The third kappa shape index (κ3) is 3.21. The Labute approximate surface area is 64.5 Å². The minimum atomic E-state index is 0.198. The SMILES string of the molecule is CCCC(C)(CO)CCC. The molecule has 1 nitrogen and oxygen atoms in total. The van der Waals surface area contributed by atoms with E-state index in [1.165, 1.54) is 12.8 Å². The maximum atomic E-state index is 9.05. The number of aliphatic hydroxyl groups is 1. The summed E-state index contributed by atoms with van der Waals surface area (Å²) < 4.78 is 0. The molecule has 0 rings (SSSR count). The normalized spacial score (nSPS) is 12.0. The monoisotopic (exact) mass is 144 g/mol. The smallest absolute Gasteiger partial charge is 0.0484 e. The summed E-state index contributed by atoms with van der Waals surface area (Å²) in [6.07, 6.45) is 4.66. The van der Waals surface area contributed by atoms with Crippen LogP contribution in [0, 0.1) is 5.41 Å². The first-order valence-corrected chi connectivity index (χ1v) is 4.29. The van der Waals surface area contributed by atoms with E-state index >= 15 is 0 Å². The summed E-state index contributed by atoms with van der Waals surface area (Å²) in [5.41, 5.74) is 0.198. The second-order valence-electron chi connectivity index (χ2n) is 3.47. The Morgan fingerprint density at radius 2 is 1.50 bits per heavy atom. The topological polar surface area (TPSA) is 20.2 Å². The van der Waals surface area contributed by atoms with Crippen molar-refractivity contribution < 1.29 is 5.11 Å². The van der Waals surface area contributed by atoms with Gasteiger partial charge < -0.3 is 5.11 Å². The molecule has 0 bridgehead atoms. The summed E-state index contributed by atoms with van der Waals surface area (Å²) in [7, 11) is 0. The second kappa shape index (κ2) is 4.73. The van der Waals surface area contributed by atoms with Crippen molar-refractivity contribution in [3.63, 3.8) is 0 Å². The maximum absolute atomic E-state index is 9.05. The third-order valence-corrected chi connectivity index (χ3v) is 2.09. The number of rotatable bonds is 5. The van der Waals surface area contributed by atoms with Crippen LogP contribution in [0.1, 0.15) is 46.5 Å². The van der Waals surface area contributed by atoms with E-state index in [9.17, 15) is 0 Å². The van der Waals surface area contributed by atoms with Crippen LogP contribution in [0.4, 0.5) is 0 Å². The summed E-state index contributed by atoms with van der Waals surface area (Å²) in [5, 5.41) is 9.05. The van der Waals surface area contributed by atoms with Crippen LogP contribution >= 0.6 is 0 Å². The standard InChI is InChI=1S/C9H20O/c1-4-6-9(3,8-10)7-5-2/h10H,4-8H2,1-3H3. The van der Waals surface area contributed by atoms with Gasteiger partial charge in [0.15, 0.2) is 0 Å². The molecular weight excluding hydrogens is 124 g/mol. The van der Waals surface area contributed by atoms with Crippen LogP contribution in [0.2, 0.25) is 0 Å². The Morgan fingerprint density at radius 3 is 1.70 bits per heavy atom. The van der Waals surface area contributed by atoms with Crippen molar-refractivity contribution in [1.29, 1.82) is 0 Å². The molecule has 0 aliphatic carbocycles. The molecule has 0 amide bonds. The predicted octanol–water partition coefficient (Wildman–Crippen LogP) is 2.59. The maximum Gasteiger partial charge on any atom is 0.0484 e. The lowest BCUT2D eigenvalue weighted by molar-refractivity contribution is 0.121. The highest BCUT2D eigenvalue weighted by atomic mass is 16.3. The predicted molar refractivity (Wildman–Crippen MR) is 45.0 cm³/mol. The molecule has 0 saturated carbocycles. The van der Waals surface area contributed by atoms with Crippen LogP contribution in [0.3, 0.4) is 0 Å². The summed E-state index contributed by atoms with van der Waals surface area (Å²) in [6.45, 7) is 6.85. The van der Waals surface area contributed by atoms with E-state index in [0.717, 1.165) is 12.8 Å². The van der Waals surface area contributed by atoms with Crippen molar-refractivity contribution in [2.24, 2.45) is 5.41 Å². The van der Waals surface area contributed by atoms with E-state index in [4.69, 9.17) is 5.11 Å². The van der Waals surface area contributed by atoms with Crippen molar-refractivity contribution in [1.82, 2.24) is 0 Å². The van der Waals surface area contributed by atoms with Crippen LogP contribution in [0.5, 0.6) is 0 Å². The molecule has 0 aromatic heterocycles. The summed E-state index contributed by atoms with van der Waals surface area (Å²) >= 11 is 0. The molecule has 10 heavy (non-hydrogen) atoms. The molecule has 0 aliphatic rings. The van der Waals surface area contributed by atoms with Crippen LogP contribution < -0.4 is 0 Å². The van der Waals surface area contributed by atoms with Gasteiger partial charge in [0.05, 0.1) is 0 Å². The fourth-order valence-electron chi connectivity index (χ4n) is 1.49. The number of aliphatic hydroxyl groups excluding tert-OH is 1. The van der Waals surface area contributed by atoms with Crippen LogP contribution in [0.25, 0.3) is 0 Å². The molecule has 0 saturated heterocycles. The van der Waals surface area contributed by atoms with Crippen molar-refractivity contribution in [3.8, 4) is 0 Å². The Balaban J connectivity index is 3.69. The third-order valence-electron chi connectivity index (χ3n) is 2.09. The summed E-state index contributed by atoms with van der Waals surface area (Å²) in [5.74, 6) is 0. The lowest BCUT2D eigenvalue weighted by Crippen LogP contribution is -2.20. The van der Waals surface area contributed by atoms with Crippen molar-refractivity contribution in [3.05, 3.63) is 0 Å². The van der Waals surface area contributed by atoms with Gasteiger partial charge in [0.2, 0.25) is 0 Å². The first kappa shape index (κ1) is 9.96. The molecule has 0 radical (unpaired) electrons. The highest BCUT2D eigenvalue weighted by Gasteiger charge is 2.20. The molecule has 0 heterocycles. The molecule has 1 heteroatoms. The average molecular weight is 144 g/mol. The molecular formula is C9H20O. The van der Waals surface area contributed by atoms with Gasteiger partial charge in [-0.2, -0.15) is 0 Å². The van der Waals surface area contributed by atoms with Crippen molar-refractivity contribution in [2.75, 3.05) is 6.61 Å². The minimum Gasteiger partial charge on any atom is -0.396 e. The molecule has 0 unspecified atom stereocenters. The Bertz CT molecular complexity index is 72.8. The van der Waals surface area contributed by atoms with Gasteiger partial charge in [-0.15, -0.1) is 0 Å². The summed E-state index contributed by atoms with van der Waals surface area (Å²) in [4.78, 5) is 0. The lowest BCUT2D eigenvalue weighted by Gasteiger charge is -2.25. The zero-order valence-electron chi connectivity index (χ0n) is 7.48. The largest absolute Gasteiger partial charge is 0.396 e. The van der Waals surface area contributed by atoms with Gasteiger partial charge in [-0.25, -0.2) is 0 Å². The minimum absolute atomic E-state index is 0.198. The second-order valence-corrected chi connectivity index (χ2v) is 3.47. The first-order valence-electron chi connectivity index (χ1n) is 4.29. The van der Waals surface area contributed by atoms with Gasteiger partial charge in [0, 0.05) is 6.61 Å². The molecule has 0 aromatic carbocycles. The quantitative estimate of drug-likeness (QED) is 0.628. The Kier molecular flexibility index (Phi) is 4.71. The zero-order valence-corrected chi connectivity index (χ0v) is 7.48. The molecule has 0 aromatic rings. The average Bonchev–Trinajstić information content (AvgIpc) is 1.89. The van der Waals surface area contributed by atoms with Crippen LogP contribution in [-0.2, 0) is 0 Å². The van der Waals surface area contributed by atoms with E-state index in [0.29, 0.717) is 6.61 Å². The Hall–Kier alpha value is -0.0400. The summed E-state index contributed by atoms with van der Waals surface area (Å²) in [6, 6.07) is 0.